The molecule has 0 spiro atoms. The second-order valence-electron chi connectivity index (χ2n) is 8.24. The molecule has 1 saturated carbocycles. The van der Waals surface area contributed by atoms with Crippen LogP contribution < -0.4 is 5.32 Å². The largest absolute Gasteiger partial charge is 0.321 e. The van der Waals surface area contributed by atoms with Gasteiger partial charge in [0.1, 0.15) is 0 Å². The molecule has 0 aliphatic heterocycles. The van der Waals surface area contributed by atoms with Crippen LogP contribution in [-0.2, 0) is 0 Å². The number of hydrogen-bond donors (Lipinski definition) is 1. The molecule has 31 heavy (non-hydrogen) atoms. The van der Waals surface area contributed by atoms with Crippen molar-refractivity contribution in [1.29, 1.82) is 0 Å². The highest BCUT2D eigenvalue weighted by Crippen LogP contribution is 2.30. The van der Waals surface area contributed by atoms with Crippen LogP contribution in [0.3, 0.4) is 0 Å². The van der Waals surface area contributed by atoms with Crippen LogP contribution in [0.15, 0.2) is 60.8 Å². The van der Waals surface area contributed by atoms with Crippen LogP contribution in [0.25, 0.3) is 10.9 Å². The molecule has 3 heteroatoms. The number of benzene rings is 2. The van der Waals surface area contributed by atoms with Gasteiger partial charge >= 0.3 is 0 Å². The minimum absolute atomic E-state index is 0. The molecule has 1 aliphatic rings. The van der Waals surface area contributed by atoms with Gasteiger partial charge in [0, 0.05) is 10.9 Å². The number of fused-ring (bicyclic) bond motifs is 1. The number of carbonyl (C=O) groups is 1. The molecule has 0 unspecified atom stereocenters. The number of amides is 1. The number of anilines is 1. The van der Waals surface area contributed by atoms with Crippen LogP contribution in [-0.4, -0.2) is 10.9 Å². The molecule has 1 fully saturated rings. The summed E-state index contributed by atoms with van der Waals surface area (Å²) in [5.74, 6) is 0.550. The van der Waals surface area contributed by atoms with E-state index >= 15 is 0 Å². The van der Waals surface area contributed by atoms with E-state index in [0.29, 0.717) is 11.5 Å². The summed E-state index contributed by atoms with van der Waals surface area (Å²) in [5, 5.41) is 4.01. The summed E-state index contributed by atoms with van der Waals surface area (Å²) in [6, 6.07) is 18.1. The quantitative estimate of drug-likeness (QED) is 0.464. The van der Waals surface area contributed by atoms with Gasteiger partial charge in [-0.2, -0.15) is 0 Å². The molecule has 0 bridgehead atoms. The fourth-order valence-corrected chi connectivity index (χ4v) is 4.39. The summed E-state index contributed by atoms with van der Waals surface area (Å²) in [5.41, 5.74) is 3.74. The van der Waals surface area contributed by atoms with Crippen molar-refractivity contribution in [3.8, 4) is 0 Å². The van der Waals surface area contributed by atoms with E-state index in [9.17, 15) is 4.79 Å². The zero-order valence-electron chi connectivity index (χ0n) is 17.1. The first-order valence-corrected chi connectivity index (χ1v) is 11.1. The first-order chi connectivity index (χ1) is 14.3. The van der Waals surface area contributed by atoms with Crippen LogP contribution in [0.1, 0.15) is 94.5 Å². The van der Waals surface area contributed by atoms with Crippen molar-refractivity contribution in [3.63, 3.8) is 0 Å². The van der Waals surface area contributed by atoms with Crippen LogP contribution in [0, 0.1) is 0 Å². The molecule has 4 rings (SSSR count). The normalized spacial score (nSPS) is 15.4. The maximum atomic E-state index is 12.7. The molecule has 1 aliphatic carbocycles. The fourth-order valence-electron chi connectivity index (χ4n) is 4.39. The van der Waals surface area contributed by atoms with Gasteiger partial charge in [-0.25, -0.2) is 0 Å². The van der Waals surface area contributed by atoms with Crippen molar-refractivity contribution >= 4 is 22.5 Å². The molecule has 0 saturated heterocycles. The third-order valence-electron chi connectivity index (χ3n) is 6.10. The number of hydrogen-bond acceptors (Lipinski definition) is 2. The van der Waals surface area contributed by atoms with Gasteiger partial charge in [-0.15, -0.1) is 0 Å². The first kappa shape index (κ1) is 24.6. The molecule has 1 aromatic heterocycles. The number of nitrogens with zero attached hydrogens (tertiary/aromatic N) is 1. The molecular weight excluding hydrogens is 380 g/mol. The molecule has 1 N–H and O–H groups in total. The monoisotopic (exact) mass is 418 g/mol. The van der Waals surface area contributed by atoms with E-state index in [2.05, 4.69) is 22.4 Å². The summed E-state index contributed by atoms with van der Waals surface area (Å²) in [6.45, 7) is 0. The van der Waals surface area contributed by atoms with Crippen molar-refractivity contribution in [1.82, 2.24) is 4.98 Å². The maximum absolute atomic E-state index is 12.7. The molecule has 0 radical (unpaired) electrons. The highest BCUT2D eigenvalue weighted by molar-refractivity contribution is 6.04. The van der Waals surface area contributed by atoms with Crippen LogP contribution >= 0.6 is 0 Å². The minimum Gasteiger partial charge on any atom is -0.321 e. The van der Waals surface area contributed by atoms with Gasteiger partial charge < -0.3 is 5.32 Å². The van der Waals surface area contributed by atoms with Gasteiger partial charge in [-0.1, -0.05) is 90.1 Å². The molecule has 1 heterocycles. The molecule has 3 aromatic rings. The molecular formula is C28H38N2O. The number of aromatic nitrogens is 1. The van der Waals surface area contributed by atoms with Crippen molar-refractivity contribution in [2.24, 2.45) is 0 Å². The number of pyridine rings is 1. The third-order valence-corrected chi connectivity index (χ3v) is 6.10. The number of carbonyl (C=O) groups excluding carboxylic acids is 1. The summed E-state index contributed by atoms with van der Waals surface area (Å²) in [4.78, 5) is 17.1. The summed E-state index contributed by atoms with van der Waals surface area (Å²) in [7, 11) is 0. The molecule has 166 valence electrons. The summed E-state index contributed by atoms with van der Waals surface area (Å²) >= 11 is 0. The van der Waals surface area contributed by atoms with E-state index in [4.69, 9.17) is 0 Å². The zero-order valence-corrected chi connectivity index (χ0v) is 17.1. The second-order valence-corrected chi connectivity index (χ2v) is 8.24. The van der Waals surface area contributed by atoms with Crippen molar-refractivity contribution in [3.05, 3.63) is 71.9 Å². The lowest BCUT2D eigenvalue weighted by Crippen LogP contribution is -2.12. The van der Waals surface area contributed by atoms with E-state index in [1.165, 1.54) is 63.4 Å². The second kappa shape index (κ2) is 12.2. The molecule has 3 nitrogen and oxygen atoms in total. The number of nitrogens with one attached hydrogen (secondary N) is 1. The van der Waals surface area contributed by atoms with E-state index in [1.807, 2.05) is 42.5 Å². The van der Waals surface area contributed by atoms with Gasteiger partial charge in [0.25, 0.3) is 5.91 Å². The highest BCUT2D eigenvalue weighted by atomic mass is 16.1. The lowest BCUT2D eigenvalue weighted by atomic mass is 9.86. The first-order valence-electron chi connectivity index (χ1n) is 11.1. The van der Waals surface area contributed by atoms with Crippen molar-refractivity contribution in [2.75, 3.05) is 5.32 Å². The standard InChI is InChI=1S/C26H30N2O.2CH4/c29-26(28-24-18-23-12-8-9-13-25(23)27-19-24)22-16-14-21(15-17-22)20-10-6-4-2-1-3-5-7-11-20;;/h8-9,12-20H,1-7,10-11H2,(H,28,29);2*1H4. The lowest BCUT2D eigenvalue weighted by molar-refractivity contribution is 0.102. The van der Waals surface area contributed by atoms with Gasteiger partial charge in [0.05, 0.1) is 17.4 Å². The molecule has 2 aromatic carbocycles. The predicted octanol–water partition coefficient (Wildman–Crippen LogP) is 8.37. The highest BCUT2D eigenvalue weighted by Gasteiger charge is 2.14. The topological polar surface area (TPSA) is 42.0 Å². The third kappa shape index (κ3) is 6.65. The van der Waals surface area contributed by atoms with Gasteiger partial charge in [0.15, 0.2) is 0 Å². The van der Waals surface area contributed by atoms with Gasteiger partial charge in [-0.3, -0.25) is 9.78 Å². The van der Waals surface area contributed by atoms with Gasteiger partial charge in [0.2, 0.25) is 0 Å². The summed E-state index contributed by atoms with van der Waals surface area (Å²) in [6.07, 6.45) is 13.8. The van der Waals surface area contributed by atoms with E-state index in [1.54, 1.807) is 6.20 Å². The van der Waals surface area contributed by atoms with E-state index in [0.717, 1.165) is 16.6 Å². The van der Waals surface area contributed by atoms with E-state index < -0.39 is 0 Å². The van der Waals surface area contributed by atoms with Crippen LogP contribution in [0.5, 0.6) is 0 Å². The lowest BCUT2D eigenvalue weighted by Gasteiger charge is -2.19. The van der Waals surface area contributed by atoms with Crippen LogP contribution in [0.2, 0.25) is 0 Å². The smallest absolute Gasteiger partial charge is 0.255 e. The maximum Gasteiger partial charge on any atom is 0.255 e. The van der Waals surface area contributed by atoms with Gasteiger partial charge in [-0.05, 0) is 48.6 Å². The molecule has 1 amide bonds. The SMILES string of the molecule is C.C.O=C(Nc1cnc2ccccc2c1)c1ccc(C2CCCCCCCCC2)cc1. The predicted molar refractivity (Wildman–Crippen MR) is 134 cm³/mol. The van der Waals surface area contributed by atoms with E-state index in [-0.39, 0.29) is 20.8 Å². The van der Waals surface area contributed by atoms with Crippen LogP contribution in [0.4, 0.5) is 5.69 Å². The Kier molecular flexibility index (Phi) is 9.71. The Bertz CT molecular complexity index is 939. The Hall–Kier alpha value is -2.68. The fraction of sp³-hybridized carbons (Fsp3) is 0.429. The zero-order chi connectivity index (χ0) is 19.9. The molecule has 0 atom stereocenters. The van der Waals surface area contributed by atoms with Crippen molar-refractivity contribution < 1.29 is 4.79 Å². The number of rotatable bonds is 3. The average Bonchev–Trinajstić information content (AvgIpc) is 2.77. The minimum atomic E-state index is -0.0837. The Labute approximate surface area is 188 Å². The van der Waals surface area contributed by atoms with Crippen molar-refractivity contribution in [2.45, 2.75) is 78.6 Å². The Morgan fingerprint density at radius 3 is 2.10 bits per heavy atom. The Morgan fingerprint density at radius 2 is 1.42 bits per heavy atom. The summed E-state index contributed by atoms with van der Waals surface area (Å²) < 4.78 is 0. The Morgan fingerprint density at radius 1 is 0.806 bits per heavy atom. The average molecular weight is 419 g/mol. The Balaban J connectivity index is 0.00000171. The number of para-hydroxylation sites is 1.